The summed E-state index contributed by atoms with van der Waals surface area (Å²) in [6.07, 6.45) is 0. The van der Waals surface area contributed by atoms with Crippen LogP contribution in [-0.4, -0.2) is 130 Å². The van der Waals surface area contributed by atoms with Gasteiger partial charge in [0.2, 0.25) is 0 Å². The Hall–Kier alpha value is -12.8. The van der Waals surface area contributed by atoms with Crippen LogP contribution in [0.15, 0.2) is 182 Å². The average molecular weight is 2830 g/mol. The van der Waals surface area contributed by atoms with Crippen LogP contribution in [0.4, 0.5) is 52.7 Å². The van der Waals surface area contributed by atoms with E-state index in [0.717, 1.165) is 65.7 Å². The molecule has 0 aromatic carbocycles. The van der Waals surface area contributed by atoms with E-state index >= 15 is 0 Å². The average Bonchev–Trinajstić information content (AvgIpc) is 0.793. The molecule has 42 heteroatoms. The number of aryl methyl sites for hydroxylation is 3. The minimum atomic E-state index is -1.36. The predicted molar refractivity (Wildman–Crippen MR) is 462 cm³/mol. The number of carbonyl (C=O) groups is 5. The predicted octanol–water partition coefficient (Wildman–Crippen LogP) is 19.4. The Labute approximate surface area is 864 Å². The Morgan fingerprint density at radius 3 is 0.821 bits per heavy atom. The standard InChI is InChI=1S/3C20H16F2N3O2.2C19H13F3N3O2.5Pt/c1-11-7-9-15(24-17(11)12-8-10-16(21)25-18(12)22)20(2,3)14-6-4-5-13(23-14)19(26)27;1-11-9-14(12-7-8-17(21)25-18(12)22)24-16(10-11)20(2,3)15-6-4-5-13(23-15)19(26)27;1-11-9-14(19(26)27)24-16(10-11)20(2,3)15-6-4-5-13(23-15)12-7-8-17(21)25-18(12)22;1-19(2,14-5-3-4-12(23-14)18(26)27)15-9-10(20)8-13(24-15)11-6-7-16(21)25-17(11)22;1-19(2,15-9-10(20)8-13(24-15)18(26)27)14-5-3-4-12(23-14)11-6-7-16(21)25-17(11)22;;;;;/h4-7,9-10H,1-3H3,(H,26,27);2*4-6,8-10H,1-3H3,(H,26,27);2*3-5,7-9H,1-2H3,(H,26,27);;;;;/q5*-1;;;;;. The van der Waals surface area contributed by atoms with Crippen LogP contribution in [0.5, 0.6) is 0 Å². The first-order valence-corrected chi connectivity index (χ1v) is 40.0. The van der Waals surface area contributed by atoms with E-state index in [0.29, 0.717) is 56.8 Å². The van der Waals surface area contributed by atoms with Gasteiger partial charge in [-0.3, -0.25) is 34.9 Å². The normalized spacial score (nSPS) is 11.0. The van der Waals surface area contributed by atoms with Crippen molar-refractivity contribution < 1.29 is 208 Å². The van der Waals surface area contributed by atoms with Gasteiger partial charge in [-0.1, -0.05) is 124 Å². The first kappa shape index (κ1) is 116. The van der Waals surface area contributed by atoms with Crippen LogP contribution >= 0.6 is 0 Å². The fraction of sp³-hybridized carbons (Fsp3) is 0.184. The van der Waals surface area contributed by atoms with Crippen molar-refractivity contribution in [3.63, 3.8) is 0 Å². The summed E-state index contributed by atoms with van der Waals surface area (Å²) in [5, 5.41) is 45.8. The molecule has 15 rings (SSSR count). The van der Waals surface area contributed by atoms with Crippen molar-refractivity contribution in [2.45, 2.75) is 117 Å². The molecule has 5 N–H and O–H groups in total. The molecule has 0 aliphatic rings. The molecule has 0 spiro atoms. The number of hydrogen-bond donors (Lipinski definition) is 5. The van der Waals surface area contributed by atoms with E-state index in [1.807, 2.05) is 54.5 Å². The number of halogens is 12. The van der Waals surface area contributed by atoms with E-state index in [9.17, 15) is 86.9 Å². The maximum atomic E-state index is 14.2. The molecule has 140 heavy (non-hydrogen) atoms. The first-order chi connectivity index (χ1) is 63.4. The van der Waals surface area contributed by atoms with Crippen LogP contribution in [0, 0.1) is 122 Å². The molecule has 0 saturated carbocycles. The number of carboxylic acid groups (broad SMARTS) is 5. The molecule has 0 radical (unpaired) electrons. The van der Waals surface area contributed by atoms with Gasteiger partial charge < -0.3 is 40.5 Å². The Balaban J connectivity index is 0.000000266. The van der Waals surface area contributed by atoms with Crippen LogP contribution in [-0.2, 0) is 132 Å². The Morgan fingerprint density at radius 2 is 0.486 bits per heavy atom. The largest absolute Gasteiger partial charge is 0.477 e. The first-order valence-electron chi connectivity index (χ1n) is 40.0. The molecule has 0 unspecified atom stereocenters. The Bertz CT molecular complexity index is 6810. The topological polar surface area (TPSA) is 380 Å². The monoisotopic (exact) mass is 2820 g/mol. The number of pyridine rings is 15. The number of hydrogen-bond acceptors (Lipinski definition) is 20. The van der Waals surface area contributed by atoms with Crippen LogP contribution in [0.2, 0.25) is 0 Å². The summed E-state index contributed by atoms with van der Waals surface area (Å²) >= 11 is 0. The summed E-state index contributed by atoms with van der Waals surface area (Å²) in [4.78, 5) is 114. The van der Waals surface area contributed by atoms with Crippen molar-refractivity contribution in [1.29, 1.82) is 0 Å². The van der Waals surface area contributed by atoms with Gasteiger partial charge in [0.05, 0.1) is 28.5 Å². The molecule has 25 nitrogen and oxygen atoms in total. The zero-order valence-electron chi connectivity index (χ0n) is 74.9. The Kier molecular flexibility index (Phi) is 40.1. The Morgan fingerprint density at radius 1 is 0.243 bits per heavy atom. The second-order valence-corrected chi connectivity index (χ2v) is 32.4. The number of nitrogens with zero attached hydrogens (tertiary/aromatic N) is 15. The van der Waals surface area contributed by atoms with E-state index in [-0.39, 0.29) is 190 Å². The molecule has 15 heterocycles. The van der Waals surface area contributed by atoms with E-state index in [4.69, 9.17) is 15.3 Å². The zero-order valence-corrected chi connectivity index (χ0v) is 86.3. The van der Waals surface area contributed by atoms with Crippen molar-refractivity contribution in [1.82, 2.24) is 74.8 Å². The van der Waals surface area contributed by atoms with E-state index in [2.05, 4.69) is 105 Å². The van der Waals surface area contributed by atoms with E-state index in [1.165, 1.54) is 36.4 Å². The minimum Gasteiger partial charge on any atom is -0.477 e. The molecule has 15 aromatic rings. The van der Waals surface area contributed by atoms with Crippen molar-refractivity contribution in [2.24, 2.45) is 0 Å². The van der Waals surface area contributed by atoms with Crippen LogP contribution in [0.3, 0.4) is 0 Å². The second-order valence-electron chi connectivity index (χ2n) is 32.4. The summed E-state index contributed by atoms with van der Waals surface area (Å²) in [5.74, 6) is -17.5. The van der Waals surface area contributed by atoms with E-state index in [1.54, 1.807) is 126 Å². The molecular weight excluding hydrogens is 2750 g/mol. The van der Waals surface area contributed by atoms with Gasteiger partial charge in [0.15, 0.2) is 5.69 Å². The maximum absolute atomic E-state index is 14.2. The molecule has 15 aromatic heterocycles. The van der Waals surface area contributed by atoms with Gasteiger partial charge in [-0.05, 0) is 215 Å². The van der Waals surface area contributed by atoms with Crippen LogP contribution in [0.1, 0.15) is 195 Å². The molecule has 0 bridgehead atoms. The van der Waals surface area contributed by atoms with Crippen LogP contribution < -0.4 is 0 Å². The van der Waals surface area contributed by atoms with Crippen LogP contribution in [0.25, 0.3) is 56.3 Å². The third-order valence-electron chi connectivity index (χ3n) is 20.9. The summed E-state index contributed by atoms with van der Waals surface area (Å²) in [6, 6.07) is 54.9. The molecule has 0 aliphatic carbocycles. The second kappa shape index (κ2) is 48.4. The van der Waals surface area contributed by atoms with Crippen molar-refractivity contribution in [3.8, 4) is 56.3 Å². The van der Waals surface area contributed by atoms with Gasteiger partial charge in [0.25, 0.3) is 0 Å². The number of rotatable bonds is 20. The van der Waals surface area contributed by atoms with Crippen molar-refractivity contribution >= 4 is 29.8 Å². The van der Waals surface area contributed by atoms with Gasteiger partial charge in [-0.2, -0.15) is 0 Å². The molecular formula is C98H74F12N15O10Pt5-5. The smallest absolute Gasteiger partial charge is 0.354 e. The summed E-state index contributed by atoms with van der Waals surface area (Å²) in [5.41, 5.74) is 1.75. The molecule has 740 valence electrons. The van der Waals surface area contributed by atoms with Gasteiger partial charge in [-0.15, -0.1) is 30.3 Å². The minimum absolute atomic E-state index is 0. The number of aromatic carboxylic acids is 5. The van der Waals surface area contributed by atoms with Crippen molar-refractivity contribution in [2.75, 3.05) is 0 Å². The summed E-state index contributed by atoms with van der Waals surface area (Å²) in [7, 11) is 0. The quantitative estimate of drug-likeness (QED) is 0.0269. The SMILES string of the molecule is CC(C)(c1cc(F)cc(C(=O)O)n1)c1cccc(-c2[c-]cc(F)nc2F)n1.CC(C)(c1cccc(C(=O)O)n1)c1cc(F)cc(-c2[c-]cc(F)nc2F)n1.Cc1cc(-c2[c-]cc(F)nc2F)nc(C(C)(C)c2cccc(C(=O)O)n2)c1.Cc1cc(C(=O)O)nc(C(C)(C)c2cccc(-c3[c-]cc(F)nc3F)n2)c1.Cc1ccc(C(C)(C)c2cccc(C(=O)O)n2)nc1-c1[c-]cc(F)nc1F.[Pt].[Pt].[Pt].[Pt].[Pt]. The summed E-state index contributed by atoms with van der Waals surface area (Å²) < 4.78 is 163. The van der Waals surface area contributed by atoms with Gasteiger partial charge in [0.1, 0.15) is 93.9 Å². The van der Waals surface area contributed by atoms with Crippen molar-refractivity contribution in [3.05, 3.63) is 386 Å². The molecule has 0 saturated heterocycles. The van der Waals surface area contributed by atoms with E-state index < -0.39 is 134 Å². The zero-order chi connectivity index (χ0) is 98.8. The van der Waals surface area contributed by atoms with Gasteiger partial charge >= 0.3 is 29.8 Å². The number of carboxylic acids is 5. The molecule has 0 atom stereocenters. The number of aromatic nitrogens is 15. The van der Waals surface area contributed by atoms with Gasteiger partial charge in [-0.25, -0.2) is 102 Å². The third kappa shape index (κ3) is 27.9. The summed E-state index contributed by atoms with van der Waals surface area (Å²) in [6.45, 7) is 23.1. The maximum Gasteiger partial charge on any atom is 0.354 e. The van der Waals surface area contributed by atoms with Gasteiger partial charge in [0, 0.05) is 167 Å². The molecule has 0 amide bonds. The third-order valence-corrected chi connectivity index (χ3v) is 20.9. The fourth-order valence-electron chi connectivity index (χ4n) is 13.2. The molecule has 0 aliphatic heterocycles. The fourth-order valence-corrected chi connectivity index (χ4v) is 13.2. The molecule has 0 fully saturated rings.